The Kier molecular flexibility index (Phi) is 7.06. The maximum absolute atomic E-state index is 12.8. The molecule has 0 unspecified atom stereocenters. The zero-order chi connectivity index (χ0) is 23.4. The Bertz CT molecular complexity index is 1200. The lowest BCUT2D eigenvalue weighted by molar-refractivity contribution is 0.102. The first-order chi connectivity index (χ1) is 15.8. The van der Waals surface area contributed by atoms with Crippen LogP contribution in [0, 0.1) is 5.92 Å². The maximum atomic E-state index is 12.8. The molecule has 3 aromatic rings. The van der Waals surface area contributed by atoms with E-state index in [4.69, 9.17) is 0 Å². The summed E-state index contributed by atoms with van der Waals surface area (Å²) in [5.41, 5.74) is 2.46. The Morgan fingerprint density at radius 1 is 1.12 bits per heavy atom. The van der Waals surface area contributed by atoms with E-state index in [0.29, 0.717) is 11.5 Å². The quantitative estimate of drug-likeness (QED) is 0.489. The van der Waals surface area contributed by atoms with Crippen LogP contribution in [0.5, 0.6) is 0 Å². The Labute approximate surface area is 198 Å². The zero-order valence-corrected chi connectivity index (χ0v) is 20.2. The van der Waals surface area contributed by atoms with Crippen LogP contribution in [0.25, 0.3) is 0 Å². The van der Waals surface area contributed by atoms with Gasteiger partial charge in [-0.15, -0.1) is 10.2 Å². The first-order valence-corrected chi connectivity index (χ1v) is 13.2. The van der Waals surface area contributed by atoms with Crippen LogP contribution in [0.4, 0.5) is 10.8 Å². The van der Waals surface area contributed by atoms with E-state index in [1.165, 1.54) is 12.8 Å². The van der Waals surface area contributed by atoms with Crippen molar-refractivity contribution in [3.8, 4) is 0 Å². The standard InChI is InChI=1S/C23H27N5O3S2/c1-16-7-6-14-28(15-16)20-12-10-18(11-13-20)17(2)27-33(30,31)23-26-25-22(32-23)24-21(29)19-8-4-3-5-9-19/h3-5,8-13,16-17,27H,6-7,14-15H2,1-2H3,(H,24,25,29)/t16-,17-/m0/s1. The molecule has 2 heterocycles. The van der Waals surface area contributed by atoms with E-state index in [2.05, 4.69) is 32.1 Å². The summed E-state index contributed by atoms with van der Waals surface area (Å²) in [6.45, 7) is 6.14. The highest BCUT2D eigenvalue weighted by Gasteiger charge is 2.24. The molecule has 0 aliphatic carbocycles. The molecule has 1 fully saturated rings. The smallest absolute Gasteiger partial charge is 0.270 e. The fourth-order valence-electron chi connectivity index (χ4n) is 3.88. The Balaban J connectivity index is 1.39. The minimum absolute atomic E-state index is 0.122. The number of carbonyl (C=O) groups is 1. The number of nitrogens with one attached hydrogen (secondary N) is 2. The molecule has 10 heteroatoms. The third-order valence-corrected chi connectivity index (χ3v) is 8.39. The number of benzene rings is 2. The molecule has 1 aliphatic heterocycles. The van der Waals surface area contributed by atoms with Gasteiger partial charge in [0, 0.05) is 30.4 Å². The van der Waals surface area contributed by atoms with E-state index >= 15 is 0 Å². The van der Waals surface area contributed by atoms with Crippen molar-refractivity contribution < 1.29 is 13.2 Å². The topological polar surface area (TPSA) is 104 Å². The number of hydrogen-bond donors (Lipinski definition) is 2. The van der Waals surface area contributed by atoms with Crippen molar-refractivity contribution in [3.63, 3.8) is 0 Å². The molecule has 2 atom stereocenters. The van der Waals surface area contributed by atoms with Crippen LogP contribution < -0.4 is 14.9 Å². The number of aromatic nitrogens is 2. The van der Waals surface area contributed by atoms with Gasteiger partial charge in [0.25, 0.3) is 15.9 Å². The highest BCUT2D eigenvalue weighted by atomic mass is 32.2. The average Bonchev–Trinajstić information content (AvgIpc) is 3.29. The molecule has 0 bridgehead atoms. The fraction of sp³-hybridized carbons (Fsp3) is 0.348. The lowest BCUT2D eigenvalue weighted by atomic mass is 9.99. The van der Waals surface area contributed by atoms with Gasteiger partial charge >= 0.3 is 0 Å². The van der Waals surface area contributed by atoms with E-state index in [1.54, 1.807) is 37.3 Å². The minimum atomic E-state index is -3.89. The average molecular weight is 486 g/mol. The highest BCUT2D eigenvalue weighted by Crippen LogP contribution is 2.26. The van der Waals surface area contributed by atoms with Crippen molar-refractivity contribution in [2.45, 2.75) is 37.1 Å². The van der Waals surface area contributed by atoms with Crippen molar-refractivity contribution in [1.82, 2.24) is 14.9 Å². The number of hydrogen-bond acceptors (Lipinski definition) is 7. The Morgan fingerprint density at radius 2 is 1.85 bits per heavy atom. The summed E-state index contributed by atoms with van der Waals surface area (Å²) in [5, 5.41) is 10.3. The van der Waals surface area contributed by atoms with Crippen molar-refractivity contribution >= 4 is 38.1 Å². The van der Waals surface area contributed by atoms with Crippen LogP contribution in [0.15, 0.2) is 58.9 Å². The second kappa shape index (κ2) is 9.98. The molecule has 1 saturated heterocycles. The van der Waals surface area contributed by atoms with Gasteiger partial charge in [0.1, 0.15) is 0 Å². The van der Waals surface area contributed by atoms with Crippen molar-refractivity contribution in [2.24, 2.45) is 5.92 Å². The van der Waals surface area contributed by atoms with E-state index in [9.17, 15) is 13.2 Å². The molecular formula is C23H27N5O3S2. The summed E-state index contributed by atoms with van der Waals surface area (Å²) in [7, 11) is -3.89. The molecule has 0 spiro atoms. The largest absolute Gasteiger partial charge is 0.371 e. The van der Waals surface area contributed by atoms with Crippen LogP contribution in [-0.4, -0.2) is 37.6 Å². The van der Waals surface area contributed by atoms with Gasteiger partial charge in [-0.2, -0.15) is 0 Å². The minimum Gasteiger partial charge on any atom is -0.371 e. The molecule has 1 aromatic heterocycles. The summed E-state index contributed by atoms with van der Waals surface area (Å²) in [5.74, 6) is 0.304. The third-order valence-electron chi connectivity index (χ3n) is 5.64. The van der Waals surface area contributed by atoms with Gasteiger partial charge < -0.3 is 4.90 Å². The summed E-state index contributed by atoms with van der Waals surface area (Å²) in [4.78, 5) is 14.6. The second-order valence-corrected chi connectivity index (χ2v) is 11.2. The van der Waals surface area contributed by atoms with Gasteiger partial charge in [-0.25, -0.2) is 13.1 Å². The highest BCUT2D eigenvalue weighted by molar-refractivity contribution is 7.91. The first kappa shape index (κ1) is 23.3. The molecule has 4 rings (SSSR count). The normalized spacial score (nSPS) is 17.5. The van der Waals surface area contributed by atoms with Gasteiger partial charge in [-0.3, -0.25) is 10.1 Å². The number of anilines is 2. The summed E-state index contributed by atoms with van der Waals surface area (Å²) in [6, 6.07) is 16.2. The Hall–Kier alpha value is -2.82. The SMILES string of the molecule is C[C@H]1CCCN(c2ccc([C@H](C)NS(=O)(=O)c3nnc(NC(=O)c4ccccc4)s3)cc2)C1. The third kappa shape index (κ3) is 5.76. The molecule has 1 amide bonds. The number of sulfonamides is 1. The van der Waals surface area contributed by atoms with Gasteiger partial charge in [-0.1, -0.05) is 48.6 Å². The van der Waals surface area contributed by atoms with Crippen LogP contribution in [0.3, 0.4) is 0 Å². The Morgan fingerprint density at radius 3 is 2.55 bits per heavy atom. The summed E-state index contributed by atoms with van der Waals surface area (Å²) < 4.78 is 28.1. The lowest BCUT2D eigenvalue weighted by Gasteiger charge is -2.33. The molecular weight excluding hydrogens is 458 g/mol. The molecule has 174 valence electrons. The second-order valence-electron chi connectivity index (χ2n) is 8.32. The number of piperidine rings is 1. The molecule has 2 aromatic carbocycles. The molecule has 33 heavy (non-hydrogen) atoms. The molecule has 1 aliphatic rings. The molecule has 8 nitrogen and oxygen atoms in total. The zero-order valence-electron chi connectivity index (χ0n) is 18.6. The predicted octanol–water partition coefficient (Wildman–Crippen LogP) is 4.07. The molecule has 0 radical (unpaired) electrons. The van der Waals surface area contributed by atoms with Crippen molar-refractivity contribution in [2.75, 3.05) is 23.3 Å². The molecule has 2 N–H and O–H groups in total. The van der Waals surface area contributed by atoms with E-state index in [-0.39, 0.29) is 15.4 Å². The first-order valence-electron chi connectivity index (χ1n) is 10.9. The number of carbonyl (C=O) groups excluding carboxylic acids is 1. The predicted molar refractivity (Wildman–Crippen MR) is 130 cm³/mol. The number of amides is 1. The number of nitrogens with zero attached hydrogens (tertiary/aromatic N) is 3. The van der Waals surface area contributed by atoms with Crippen molar-refractivity contribution in [3.05, 3.63) is 65.7 Å². The fourth-order valence-corrected chi connectivity index (χ4v) is 6.02. The molecule has 0 saturated carbocycles. The van der Waals surface area contributed by atoms with E-state index < -0.39 is 16.1 Å². The van der Waals surface area contributed by atoms with E-state index in [1.807, 2.05) is 24.3 Å². The van der Waals surface area contributed by atoms with Crippen LogP contribution in [0.1, 0.15) is 48.7 Å². The van der Waals surface area contributed by atoms with Gasteiger partial charge in [-0.05, 0) is 55.5 Å². The van der Waals surface area contributed by atoms with Crippen LogP contribution in [-0.2, 0) is 10.0 Å². The summed E-state index contributed by atoms with van der Waals surface area (Å²) >= 11 is 0.810. The van der Waals surface area contributed by atoms with Crippen molar-refractivity contribution in [1.29, 1.82) is 0 Å². The van der Waals surface area contributed by atoms with Gasteiger partial charge in [0.2, 0.25) is 9.47 Å². The maximum Gasteiger partial charge on any atom is 0.270 e. The van der Waals surface area contributed by atoms with Gasteiger partial charge in [0.15, 0.2) is 0 Å². The van der Waals surface area contributed by atoms with Crippen LogP contribution in [0.2, 0.25) is 0 Å². The van der Waals surface area contributed by atoms with E-state index in [0.717, 1.165) is 35.7 Å². The summed E-state index contributed by atoms with van der Waals surface area (Å²) in [6.07, 6.45) is 2.45. The van der Waals surface area contributed by atoms with Gasteiger partial charge in [0.05, 0.1) is 0 Å². The number of rotatable bonds is 7. The van der Waals surface area contributed by atoms with Crippen LogP contribution >= 0.6 is 11.3 Å². The lowest BCUT2D eigenvalue weighted by Crippen LogP contribution is -2.34. The monoisotopic (exact) mass is 485 g/mol.